The molecule has 2 aliphatic rings. The number of carbonyl (C=O) groups excluding carboxylic acids is 2. The summed E-state index contributed by atoms with van der Waals surface area (Å²) in [6.45, 7) is 6.26. The number of piperidine rings is 1. The Bertz CT molecular complexity index is 872. The van der Waals surface area contributed by atoms with Crippen LogP contribution < -0.4 is 10.6 Å². The number of hydrogen-bond donors (Lipinski definition) is 2. The summed E-state index contributed by atoms with van der Waals surface area (Å²) in [6, 6.07) is 6.91. The maximum Gasteiger partial charge on any atom is 0.315 e. The van der Waals surface area contributed by atoms with Gasteiger partial charge in [-0.2, -0.15) is 0 Å². The van der Waals surface area contributed by atoms with E-state index in [-0.39, 0.29) is 30.2 Å². The van der Waals surface area contributed by atoms with Crippen molar-refractivity contribution in [3.63, 3.8) is 0 Å². The predicted molar refractivity (Wildman–Crippen MR) is 117 cm³/mol. The van der Waals surface area contributed by atoms with Gasteiger partial charge in [-0.15, -0.1) is 0 Å². The van der Waals surface area contributed by atoms with Crippen molar-refractivity contribution < 1.29 is 22.7 Å². The van der Waals surface area contributed by atoms with E-state index in [1.807, 2.05) is 30.9 Å². The number of sulfonamides is 1. The zero-order valence-corrected chi connectivity index (χ0v) is 19.2. The van der Waals surface area contributed by atoms with E-state index >= 15 is 0 Å². The lowest BCUT2D eigenvalue weighted by Crippen LogP contribution is -2.48. The molecule has 2 saturated heterocycles. The molecule has 172 valence electrons. The molecule has 2 fully saturated rings. The molecule has 1 aromatic rings. The van der Waals surface area contributed by atoms with Gasteiger partial charge in [-0.1, -0.05) is 12.1 Å². The van der Waals surface area contributed by atoms with Gasteiger partial charge in [-0.25, -0.2) is 17.5 Å². The molecule has 3 amide bonds. The first-order valence-corrected chi connectivity index (χ1v) is 12.5. The second-order valence-electron chi connectivity index (χ2n) is 8.43. The molecule has 2 N–H and O–H groups in total. The van der Waals surface area contributed by atoms with E-state index in [1.54, 1.807) is 12.1 Å². The van der Waals surface area contributed by atoms with E-state index < -0.39 is 10.0 Å². The Kier molecular flexibility index (Phi) is 7.55. The molecule has 0 saturated carbocycles. The maximum atomic E-state index is 12.7. The van der Waals surface area contributed by atoms with Crippen LogP contribution in [0.3, 0.4) is 0 Å². The van der Waals surface area contributed by atoms with E-state index in [4.69, 9.17) is 4.74 Å². The summed E-state index contributed by atoms with van der Waals surface area (Å²) < 4.78 is 30.2. The number of morpholine rings is 1. The fraction of sp³-hybridized carbons (Fsp3) is 0.619. The molecule has 9 nitrogen and oxygen atoms in total. The lowest BCUT2D eigenvalue weighted by Gasteiger charge is -2.35. The third kappa shape index (κ3) is 6.65. The van der Waals surface area contributed by atoms with Crippen LogP contribution in [0.4, 0.5) is 4.79 Å². The second kappa shape index (κ2) is 9.97. The fourth-order valence-corrected chi connectivity index (χ4v) is 4.92. The lowest BCUT2D eigenvalue weighted by atomic mass is 10.1. The number of benzene rings is 1. The molecule has 10 heteroatoms. The number of nitrogens with zero attached hydrogens (tertiary/aromatic N) is 2. The maximum absolute atomic E-state index is 12.7. The summed E-state index contributed by atoms with van der Waals surface area (Å²) in [5.74, 6) is -0.0142. The number of rotatable bonds is 5. The fourth-order valence-electron chi connectivity index (χ4n) is 4.04. The number of carbonyl (C=O) groups is 2. The SMILES string of the molecule is CC1CN(C(=O)c2ccc(CNC(=O)NC3CCN(S(C)(=O)=O)CC3)cc2)CC(C)O1. The van der Waals surface area contributed by atoms with E-state index in [1.165, 1.54) is 10.6 Å². The minimum Gasteiger partial charge on any atom is -0.372 e. The van der Waals surface area contributed by atoms with Crippen molar-refractivity contribution in [3.8, 4) is 0 Å². The minimum atomic E-state index is -3.17. The third-order valence-corrected chi connectivity index (χ3v) is 6.92. The molecule has 0 radical (unpaired) electrons. The van der Waals surface area contributed by atoms with Gasteiger partial charge in [-0.3, -0.25) is 4.79 Å². The number of amides is 3. The summed E-state index contributed by atoms with van der Waals surface area (Å²) >= 11 is 0. The Hall–Kier alpha value is -2.17. The highest BCUT2D eigenvalue weighted by Crippen LogP contribution is 2.15. The van der Waals surface area contributed by atoms with E-state index in [2.05, 4.69) is 10.6 Å². The van der Waals surface area contributed by atoms with Crippen LogP contribution in [0.5, 0.6) is 0 Å². The Morgan fingerprint density at radius 3 is 2.19 bits per heavy atom. The minimum absolute atomic E-state index is 0.0142. The van der Waals surface area contributed by atoms with Crippen LogP contribution in [0.1, 0.15) is 42.6 Å². The summed E-state index contributed by atoms with van der Waals surface area (Å²) in [5, 5.41) is 5.72. The largest absolute Gasteiger partial charge is 0.372 e. The quantitative estimate of drug-likeness (QED) is 0.697. The third-order valence-electron chi connectivity index (χ3n) is 5.62. The number of ether oxygens (including phenoxy) is 1. The van der Waals surface area contributed by atoms with E-state index in [0.29, 0.717) is 51.1 Å². The molecule has 1 aromatic carbocycles. The molecular formula is C21H32N4O5S. The summed E-state index contributed by atoms with van der Waals surface area (Å²) in [5.41, 5.74) is 1.51. The van der Waals surface area contributed by atoms with Gasteiger partial charge in [0.15, 0.2) is 0 Å². The highest BCUT2D eigenvalue weighted by atomic mass is 32.2. The van der Waals surface area contributed by atoms with Crippen LogP contribution in [0, 0.1) is 0 Å². The Labute approximate surface area is 184 Å². The molecular weight excluding hydrogens is 420 g/mol. The van der Waals surface area contributed by atoms with Gasteiger partial charge in [-0.05, 0) is 44.4 Å². The summed E-state index contributed by atoms with van der Waals surface area (Å²) in [6.07, 6.45) is 2.43. The van der Waals surface area contributed by atoms with Gasteiger partial charge in [0.2, 0.25) is 10.0 Å². The monoisotopic (exact) mass is 452 g/mol. The number of hydrogen-bond acceptors (Lipinski definition) is 5. The first-order valence-electron chi connectivity index (χ1n) is 10.6. The van der Waals surface area contributed by atoms with E-state index in [9.17, 15) is 18.0 Å². The molecule has 2 aliphatic heterocycles. The van der Waals surface area contributed by atoms with Crippen molar-refractivity contribution >= 4 is 22.0 Å². The molecule has 2 unspecified atom stereocenters. The van der Waals surface area contributed by atoms with Gasteiger partial charge < -0.3 is 20.3 Å². The molecule has 3 rings (SSSR count). The van der Waals surface area contributed by atoms with Crippen molar-refractivity contribution in [2.45, 2.75) is 51.5 Å². The number of nitrogens with one attached hydrogen (secondary N) is 2. The Morgan fingerprint density at radius 2 is 1.65 bits per heavy atom. The van der Waals surface area contributed by atoms with Crippen molar-refractivity contribution in [2.75, 3.05) is 32.4 Å². The number of urea groups is 1. The van der Waals surface area contributed by atoms with Gasteiger partial charge in [0, 0.05) is 44.3 Å². The molecule has 31 heavy (non-hydrogen) atoms. The topological polar surface area (TPSA) is 108 Å². The zero-order chi connectivity index (χ0) is 22.6. The van der Waals surface area contributed by atoms with Crippen molar-refractivity contribution in [1.82, 2.24) is 19.8 Å². The molecule has 0 aliphatic carbocycles. The van der Waals surface area contributed by atoms with Gasteiger partial charge in [0.25, 0.3) is 5.91 Å². The average Bonchev–Trinajstić information content (AvgIpc) is 2.71. The van der Waals surface area contributed by atoms with Crippen molar-refractivity contribution in [2.24, 2.45) is 0 Å². The Balaban J connectivity index is 1.44. The van der Waals surface area contributed by atoms with Gasteiger partial charge in [0.05, 0.1) is 18.5 Å². The predicted octanol–water partition coefficient (Wildman–Crippen LogP) is 1.16. The standard InChI is InChI=1S/C21H32N4O5S/c1-15-13-24(14-16(2)30-15)20(26)18-6-4-17(5-7-18)12-22-21(27)23-19-8-10-25(11-9-19)31(3,28)29/h4-7,15-16,19H,8-14H2,1-3H3,(H2,22,23,27). The van der Waals surface area contributed by atoms with Crippen LogP contribution in [0.25, 0.3) is 0 Å². The van der Waals surface area contributed by atoms with Crippen LogP contribution in [0.15, 0.2) is 24.3 Å². The Morgan fingerprint density at radius 1 is 1.06 bits per heavy atom. The molecule has 2 atom stereocenters. The first kappa shape index (κ1) is 23.5. The normalized spacial score (nSPS) is 23.4. The van der Waals surface area contributed by atoms with Crippen molar-refractivity contribution in [3.05, 3.63) is 35.4 Å². The lowest BCUT2D eigenvalue weighted by molar-refractivity contribution is -0.0586. The smallest absolute Gasteiger partial charge is 0.315 e. The second-order valence-corrected chi connectivity index (χ2v) is 10.4. The molecule has 2 heterocycles. The van der Waals surface area contributed by atoms with Gasteiger partial charge in [0.1, 0.15) is 0 Å². The van der Waals surface area contributed by atoms with E-state index in [0.717, 1.165) is 5.56 Å². The summed E-state index contributed by atoms with van der Waals surface area (Å²) in [4.78, 5) is 26.7. The van der Waals surface area contributed by atoms with Crippen LogP contribution in [0.2, 0.25) is 0 Å². The van der Waals surface area contributed by atoms with Gasteiger partial charge >= 0.3 is 6.03 Å². The molecule has 0 spiro atoms. The highest BCUT2D eigenvalue weighted by molar-refractivity contribution is 7.88. The highest BCUT2D eigenvalue weighted by Gasteiger charge is 2.27. The zero-order valence-electron chi connectivity index (χ0n) is 18.3. The van der Waals surface area contributed by atoms with Crippen LogP contribution >= 0.6 is 0 Å². The van der Waals surface area contributed by atoms with Crippen LogP contribution in [-0.4, -0.2) is 80.2 Å². The molecule has 0 bridgehead atoms. The first-order chi connectivity index (χ1) is 14.6. The molecule has 0 aromatic heterocycles. The average molecular weight is 453 g/mol. The summed E-state index contributed by atoms with van der Waals surface area (Å²) in [7, 11) is -3.17. The van der Waals surface area contributed by atoms with Crippen molar-refractivity contribution in [1.29, 1.82) is 0 Å². The van der Waals surface area contributed by atoms with Crippen LogP contribution in [-0.2, 0) is 21.3 Å².